The molecule has 126 valence electrons. The molecule has 0 atom stereocenters. The van der Waals surface area contributed by atoms with Crippen LogP contribution in [0.2, 0.25) is 5.15 Å². The quantitative estimate of drug-likeness (QED) is 0.673. The number of nitrogens with zero attached hydrogens (tertiary/aromatic N) is 4. The van der Waals surface area contributed by atoms with Gasteiger partial charge in [-0.1, -0.05) is 11.6 Å². The highest BCUT2D eigenvalue weighted by Gasteiger charge is 2.25. The molecular formula is C15H16ClN5O3. The standard InChI is InChI=1S/C15H16ClN5O3/c1-3-24-14(22)12-10(8-9(2)18-13(12)16)21-6-4-11(19-21)20-7-5-17-15(20)23/h4,6,8H,3,5,7H2,1-2H3,(H,17,23). The molecule has 2 aromatic rings. The van der Waals surface area contributed by atoms with Crippen LogP contribution in [0.25, 0.3) is 5.69 Å². The number of esters is 1. The third kappa shape index (κ3) is 2.92. The van der Waals surface area contributed by atoms with Crippen molar-refractivity contribution in [3.05, 3.63) is 34.7 Å². The zero-order valence-corrected chi connectivity index (χ0v) is 14.0. The molecule has 2 aromatic heterocycles. The van der Waals surface area contributed by atoms with Crippen LogP contribution in [-0.2, 0) is 4.74 Å². The van der Waals surface area contributed by atoms with Crippen molar-refractivity contribution in [2.45, 2.75) is 13.8 Å². The fraction of sp³-hybridized carbons (Fsp3) is 0.333. The van der Waals surface area contributed by atoms with E-state index < -0.39 is 5.97 Å². The van der Waals surface area contributed by atoms with E-state index in [0.717, 1.165) is 0 Å². The summed E-state index contributed by atoms with van der Waals surface area (Å²) >= 11 is 6.14. The first-order valence-corrected chi connectivity index (χ1v) is 7.84. The maximum atomic E-state index is 12.2. The molecule has 1 aliphatic rings. The highest BCUT2D eigenvalue weighted by molar-refractivity contribution is 6.32. The molecule has 24 heavy (non-hydrogen) atoms. The van der Waals surface area contributed by atoms with E-state index in [0.29, 0.717) is 30.3 Å². The second-order valence-electron chi connectivity index (χ2n) is 5.17. The van der Waals surface area contributed by atoms with E-state index in [2.05, 4.69) is 15.4 Å². The van der Waals surface area contributed by atoms with E-state index in [1.54, 1.807) is 32.2 Å². The largest absolute Gasteiger partial charge is 0.462 e. The molecule has 0 bridgehead atoms. The molecule has 1 aliphatic heterocycles. The highest BCUT2D eigenvalue weighted by atomic mass is 35.5. The van der Waals surface area contributed by atoms with Crippen molar-refractivity contribution in [3.8, 4) is 5.69 Å². The maximum Gasteiger partial charge on any atom is 0.343 e. The predicted molar refractivity (Wildman–Crippen MR) is 87.8 cm³/mol. The SMILES string of the molecule is CCOC(=O)c1c(-n2ccc(N3CCNC3=O)n2)cc(C)nc1Cl. The number of pyridine rings is 1. The molecule has 0 aromatic carbocycles. The topological polar surface area (TPSA) is 89.4 Å². The molecule has 1 N–H and O–H groups in total. The Morgan fingerprint density at radius 3 is 2.96 bits per heavy atom. The van der Waals surface area contributed by atoms with Gasteiger partial charge in [0.05, 0.1) is 12.3 Å². The number of halogens is 1. The lowest BCUT2D eigenvalue weighted by atomic mass is 10.2. The molecule has 0 saturated carbocycles. The number of carbonyl (C=O) groups excluding carboxylic acids is 2. The van der Waals surface area contributed by atoms with E-state index in [-0.39, 0.29) is 23.4 Å². The van der Waals surface area contributed by atoms with Crippen LogP contribution in [0.5, 0.6) is 0 Å². The van der Waals surface area contributed by atoms with Crippen LogP contribution in [0, 0.1) is 6.92 Å². The Hall–Kier alpha value is -2.61. The Morgan fingerprint density at radius 1 is 1.50 bits per heavy atom. The summed E-state index contributed by atoms with van der Waals surface area (Å²) in [6, 6.07) is 3.19. The van der Waals surface area contributed by atoms with Crippen molar-refractivity contribution in [1.29, 1.82) is 0 Å². The summed E-state index contributed by atoms with van der Waals surface area (Å²) in [4.78, 5) is 29.6. The second kappa shape index (κ2) is 6.48. The molecule has 0 radical (unpaired) electrons. The van der Waals surface area contributed by atoms with Crippen LogP contribution in [0.1, 0.15) is 23.0 Å². The number of aromatic nitrogens is 3. The summed E-state index contributed by atoms with van der Waals surface area (Å²) < 4.78 is 6.55. The average molecular weight is 350 g/mol. The van der Waals surface area contributed by atoms with Gasteiger partial charge in [0.15, 0.2) is 5.82 Å². The lowest BCUT2D eigenvalue weighted by Crippen LogP contribution is -2.28. The average Bonchev–Trinajstić information content (AvgIpc) is 3.15. The van der Waals surface area contributed by atoms with E-state index in [1.165, 1.54) is 9.58 Å². The van der Waals surface area contributed by atoms with Gasteiger partial charge in [0.1, 0.15) is 10.7 Å². The molecule has 0 unspecified atom stereocenters. The number of rotatable bonds is 4. The molecule has 2 amide bonds. The summed E-state index contributed by atoms with van der Waals surface area (Å²) in [6.07, 6.45) is 1.66. The zero-order chi connectivity index (χ0) is 17.3. The third-order valence-corrected chi connectivity index (χ3v) is 3.79. The van der Waals surface area contributed by atoms with Gasteiger partial charge in [-0.3, -0.25) is 4.90 Å². The van der Waals surface area contributed by atoms with E-state index >= 15 is 0 Å². The second-order valence-corrected chi connectivity index (χ2v) is 5.53. The Balaban J connectivity index is 2.04. The molecule has 1 saturated heterocycles. The normalized spacial score (nSPS) is 14.0. The zero-order valence-electron chi connectivity index (χ0n) is 13.2. The smallest absolute Gasteiger partial charge is 0.343 e. The summed E-state index contributed by atoms with van der Waals surface area (Å²) in [5.41, 5.74) is 1.24. The van der Waals surface area contributed by atoms with Crippen LogP contribution in [-0.4, -0.2) is 46.5 Å². The van der Waals surface area contributed by atoms with E-state index in [9.17, 15) is 9.59 Å². The first kappa shape index (κ1) is 16.3. The Kier molecular flexibility index (Phi) is 4.39. The molecule has 0 spiro atoms. The van der Waals surface area contributed by atoms with E-state index in [1.807, 2.05) is 0 Å². The minimum absolute atomic E-state index is 0.0550. The lowest BCUT2D eigenvalue weighted by Gasteiger charge is -2.12. The van der Waals surface area contributed by atoms with Crippen molar-refractivity contribution in [3.63, 3.8) is 0 Å². The van der Waals surface area contributed by atoms with E-state index in [4.69, 9.17) is 16.3 Å². The van der Waals surface area contributed by atoms with Crippen molar-refractivity contribution in [1.82, 2.24) is 20.1 Å². The van der Waals surface area contributed by atoms with Crippen molar-refractivity contribution < 1.29 is 14.3 Å². The van der Waals surface area contributed by atoms with Gasteiger partial charge >= 0.3 is 12.0 Å². The maximum absolute atomic E-state index is 12.2. The van der Waals surface area contributed by atoms with Crippen LogP contribution in [0.4, 0.5) is 10.6 Å². The predicted octanol–water partition coefficient (Wildman–Crippen LogP) is 1.94. The molecule has 0 aliphatic carbocycles. The van der Waals surface area contributed by atoms with Crippen LogP contribution < -0.4 is 10.2 Å². The van der Waals surface area contributed by atoms with Crippen molar-refractivity contribution in [2.75, 3.05) is 24.6 Å². The van der Waals surface area contributed by atoms with Crippen molar-refractivity contribution in [2.24, 2.45) is 0 Å². The summed E-state index contributed by atoms with van der Waals surface area (Å²) in [7, 11) is 0. The Morgan fingerprint density at radius 2 is 2.29 bits per heavy atom. The number of anilines is 1. The molecule has 9 heteroatoms. The molecule has 8 nitrogen and oxygen atoms in total. The van der Waals surface area contributed by atoms with Crippen LogP contribution in [0.15, 0.2) is 18.3 Å². The molecule has 3 heterocycles. The Bertz CT molecular complexity index is 804. The first-order valence-electron chi connectivity index (χ1n) is 7.47. The number of hydrogen-bond acceptors (Lipinski definition) is 5. The minimum Gasteiger partial charge on any atom is -0.462 e. The Labute approximate surface area is 143 Å². The third-order valence-electron chi connectivity index (χ3n) is 3.52. The van der Waals surface area contributed by atoms with Crippen LogP contribution >= 0.6 is 11.6 Å². The van der Waals surface area contributed by atoms with Gasteiger partial charge in [0.25, 0.3) is 0 Å². The molecular weight excluding hydrogens is 334 g/mol. The monoisotopic (exact) mass is 349 g/mol. The van der Waals surface area contributed by atoms with Gasteiger partial charge in [0.2, 0.25) is 0 Å². The fourth-order valence-corrected chi connectivity index (χ4v) is 2.78. The first-order chi connectivity index (χ1) is 11.5. The summed E-state index contributed by atoms with van der Waals surface area (Å²) in [5, 5.41) is 7.16. The number of carbonyl (C=O) groups is 2. The fourth-order valence-electron chi connectivity index (χ4n) is 2.47. The van der Waals surface area contributed by atoms with Crippen molar-refractivity contribution >= 4 is 29.4 Å². The molecule has 1 fully saturated rings. The van der Waals surface area contributed by atoms with Gasteiger partial charge in [0, 0.05) is 31.0 Å². The summed E-state index contributed by atoms with van der Waals surface area (Å²) in [5.74, 6) is -0.0774. The number of hydrogen-bond donors (Lipinski definition) is 1. The highest BCUT2D eigenvalue weighted by Crippen LogP contribution is 2.25. The number of aryl methyl sites for hydroxylation is 1. The number of urea groups is 1. The van der Waals surface area contributed by atoms with Gasteiger partial charge in [-0.15, -0.1) is 5.10 Å². The minimum atomic E-state index is -0.569. The lowest BCUT2D eigenvalue weighted by molar-refractivity contribution is 0.0526. The number of ether oxygens (including phenoxy) is 1. The molecule has 3 rings (SSSR count). The van der Waals surface area contributed by atoms with Gasteiger partial charge < -0.3 is 10.1 Å². The number of nitrogens with one attached hydrogen (secondary N) is 1. The summed E-state index contributed by atoms with van der Waals surface area (Å²) in [6.45, 7) is 4.81. The van der Waals surface area contributed by atoms with Crippen LogP contribution in [0.3, 0.4) is 0 Å². The number of amides is 2. The van der Waals surface area contributed by atoms with Gasteiger partial charge in [-0.05, 0) is 19.9 Å². The van der Waals surface area contributed by atoms with Gasteiger partial charge in [-0.25, -0.2) is 19.3 Å². The van der Waals surface area contributed by atoms with Gasteiger partial charge in [-0.2, -0.15) is 0 Å².